The van der Waals surface area contributed by atoms with Crippen LogP contribution in [0.5, 0.6) is 0 Å². The van der Waals surface area contributed by atoms with Crippen molar-refractivity contribution >= 4 is 11.7 Å². The van der Waals surface area contributed by atoms with Gasteiger partial charge in [0.25, 0.3) is 5.91 Å². The number of nitrogens with one attached hydrogen (secondary N) is 4. The number of aryl methyl sites for hydroxylation is 1. The molecule has 3 rings (SSSR count). The van der Waals surface area contributed by atoms with E-state index in [1.807, 2.05) is 13.8 Å². The monoisotopic (exact) mass is 408 g/mol. The average molecular weight is 409 g/mol. The maximum atomic E-state index is 14.0. The maximum absolute atomic E-state index is 14.0. The minimum atomic E-state index is -0.256. The summed E-state index contributed by atoms with van der Waals surface area (Å²) >= 11 is 0. The van der Waals surface area contributed by atoms with Crippen LogP contribution in [0.1, 0.15) is 44.2 Å². The van der Waals surface area contributed by atoms with Gasteiger partial charge in [0.15, 0.2) is 0 Å². The third-order valence-electron chi connectivity index (χ3n) is 5.75. The van der Waals surface area contributed by atoms with Gasteiger partial charge in [0.05, 0.1) is 5.57 Å². The van der Waals surface area contributed by atoms with E-state index in [0.29, 0.717) is 11.3 Å². The second kappa shape index (κ2) is 8.69. The Morgan fingerprint density at radius 2 is 2.03 bits per heavy atom. The number of carbonyl (C=O) groups excluding carboxylic acids is 1. The van der Waals surface area contributed by atoms with Crippen LogP contribution in [0.25, 0.3) is 0 Å². The first-order valence-corrected chi connectivity index (χ1v) is 10.2. The van der Waals surface area contributed by atoms with Crippen molar-refractivity contribution in [1.29, 1.82) is 5.41 Å². The SMILES string of the molecule is CCC1C=C2NC(=O)/C(=C(/C)NC(=N)/C=C(/C)NC)C2=CC1c1cc(F)ccc1C. The third kappa shape index (κ3) is 4.22. The molecule has 1 aromatic rings. The van der Waals surface area contributed by atoms with Gasteiger partial charge in [-0.3, -0.25) is 10.2 Å². The smallest absolute Gasteiger partial charge is 0.258 e. The van der Waals surface area contributed by atoms with Crippen LogP contribution < -0.4 is 16.0 Å². The Morgan fingerprint density at radius 3 is 2.70 bits per heavy atom. The highest BCUT2D eigenvalue weighted by atomic mass is 19.1. The van der Waals surface area contributed by atoms with Gasteiger partial charge in [0.1, 0.15) is 11.7 Å². The summed E-state index contributed by atoms with van der Waals surface area (Å²) in [6, 6.07) is 4.87. The molecule has 30 heavy (non-hydrogen) atoms. The zero-order valence-electron chi connectivity index (χ0n) is 18.1. The highest BCUT2D eigenvalue weighted by Gasteiger charge is 2.35. The number of allylic oxidation sites excluding steroid dienone is 5. The number of amidine groups is 1. The lowest BCUT2D eigenvalue weighted by Crippen LogP contribution is -2.23. The Morgan fingerprint density at radius 1 is 1.30 bits per heavy atom. The number of benzene rings is 1. The van der Waals surface area contributed by atoms with Gasteiger partial charge in [-0.15, -0.1) is 0 Å². The van der Waals surface area contributed by atoms with Crippen molar-refractivity contribution < 1.29 is 9.18 Å². The van der Waals surface area contributed by atoms with Crippen LogP contribution in [0.4, 0.5) is 4.39 Å². The Bertz CT molecular complexity index is 1020. The Labute approximate surface area is 177 Å². The van der Waals surface area contributed by atoms with Crippen molar-refractivity contribution in [2.45, 2.75) is 40.0 Å². The van der Waals surface area contributed by atoms with Crippen LogP contribution >= 0.6 is 0 Å². The molecule has 0 aromatic heterocycles. The fourth-order valence-corrected chi connectivity index (χ4v) is 4.06. The van der Waals surface area contributed by atoms with Crippen molar-refractivity contribution in [3.8, 4) is 0 Å². The molecule has 1 aliphatic carbocycles. The Hall–Kier alpha value is -3.15. The molecule has 1 heterocycles. The topological polar surface area (TPSA) is 77.0 Å². The highest BCUT2D eigenvalue weighted by molar-refractivity contribution is 6.06. The van der Waals surface area contributed by atoms with Crippen LogP contribution in [-0.4, -0.2) is 18.8 Å². The fourth-order valence-electron chi connectivity index (χ4n) is 4.06. The largest absolute Gasteiger partial charge is 0.392 e. The second-order valence-electron chi connectivity index (χ2n) is 7.83. The van der Waals surface area contributed by atoms with E-state index in [0.717, 1.165) is 34.5 Å². The summed E-state index contributed by atoms with van der Waals surface area (Å²) in [6.07, 6.45) is 6.69. The quantitative estimate of drug-likeness (QED) is 0.336. The van der Waals surface area contributed by atoms with Crippen molar-refractivity contribution in [2.24, 2.45) is 5.92 Å². The second-order valence-corrected chi connectivity index (χ2v) is 7.83. The molecular formula is C24H29FN4O. The molecule has 0 saturated carbocycles. The highest BCUT2D eigenvalue weighted by Crippen LogP contribution is 2.42. The van der Waals surface area contributed by atoms with Gasteiger partial charge in [-0.1, -0.05) is 25.1 Å². The molecule has 1 aromatic carbocycles. The minimum absolute atomic E-state index is 0.0224. The summed E-state index contributed by atoms with van der Waals surface area (Å²) in [5, 5.41) is 17.1. The standard InChI is InChI=1S/C24H29FN4O/c1-6-16-10-21-20(12-19(16)18-11-17(25)8-7-13(18)2)23(24(30)29-21)15(4)28-22(26)9-14(3)27-5/h7-12,16,19,27H,6H2,1-5H3,(H2,26,28)(H,29,30)/b14-9-,23-15-. The van der Waals surface area contributed by atoms with Gasteiger partial charge >= 0.3 is 0 Å². The molecule has 2 aliphatic rings. The predicted octanol–water partition coefficient (Wildman–Crippen LogP) is 4.16. The number of rotatable bonds is 5. The van der Waals surface area contributed by atoms with Crippen molar-refractivity contribution in [3.63, 3.8) is 0 Å². The van der Waals surface area contributed by atoms with Crippen molar-refractivity contribution in [2.75, 3.05) is 7.05 Å². The molecule has 1 saturated heterocycles. The first kappa shape index (κ1) is 21.6. The number of hydrogen-bond acceptors (Lipinski definition) is 3. The average Bonchev–Trinajstić information content (AvgIpc) is 3.03. The van der Waals surface area contributed by atoms with E-state index in [-0.39, 0.29) is 29.4 Å². The van der Waals surface area contributed by atoms with Gasteiger partial charge < -0.3 is 16.0 Å². The van der Waals surface area contributed by atoms with Gasteiger partial charge in [-0.25, -0.2) is 4.39 Å². The van der Waals surface area contributed by atoms with Crippen LogP contribution in [0.15, 0.2) is 64.7 Å². The Kier molecular flexibility index (Phi) is 6.25. The van der Waals surface area contributed by atoms with Gasteiger partial charge in [-0.05, 0) is 62.4 Å². The number of hydrogen-bond donors (Lipinski definition) is 4. The van der Waals surface area contributed by atoms with Gasteiger partial charge in [0.2, 0.25) is 0 Å². The molecule has 0 bridgehead atoms. The van der Waals surface area contributed by atoms with E-state index in [1.165, 1.54) is 6.07 Å². The molecule has 6 heteroatoms. The normalized spacial score (nSPS) is 22.6. The van der Waals surface area contributed by atoms with Crippen LogP contribution in [-0.2, 0) is 4.79 Å². The molecule has 0 radical (unpaired) electrons. The number of fused-ring (bicyclic) bond motifs is 1. The third-order valence-corrected chi connectivity index (χ3v) is 5.75. The van der Waals surface area contributed by atoms with Crippen molar-refractivity contribution in [3.05, 3.63) is 81.6 Å². The van der Waals surface area contributed by atoms with Crippen molar-refractivity contribution in [1.82, 2.24) is 16.0 Å². The van der Waals surface area contributed by atoms with E-state index in [2.05, 4.69) is 35.0 Å². The molecule has 2 unspecified atom stereocenters. The first-order valence-electron chi connectivity index (χ1n) is 10.2. The van der Waals surface area contributed by atoms with Gasteiger partial charge in [0, 0.05) is 35.6 Å². The van der Waals surface area contributed by atoms with Gasteiger partial charge in [-0.2, -0.15) is 0 Å². The number of amides is 1. The summed E-state index contributed by atoms with van der Waals surface area (Å²) in [5.41, 5.74) is 5.54. The van der Waals surface area contributed by atoms with Crippen LogP contribution in [0.2, 0.25) is 0 Å². The number of carbonyl (C=O) groups is 1. The molecule has 1 fully saturated rings. The summed E-state index contributed by atoms with van der Waals surface area (Å²) in [6.45, 7) is 7.74. The molecule has 158 valence electrons. The minimum Gasteiger partial charge on any atom is -0.392 e. The molecule has 2 atom stereocenters. The number of halogens is 1. The van der Waals surface area contributed by atoms with Crippen LogP contribution in [0, 0.1) is 24.1 Å². The predicted molar refractivity (Wildman–Crippen MR) is 118 cm³/mol. The fraction of sp³-hybridized carbons (Fsp3) is 0.333. The molecule has 1 amide bonds. The summed E-state index contributed by atoms with van der Waals surface area (Å²) in [4.78, 5) is 12.8. The molecule has 4 N–H and O–H groups in total. The molecule has 5 nitrogen and oxygen atoms in total. The molecular weight excluding hydrogens is 379 g/mol. The van der Waals surface area contributed by atoms with E-state index in [9.17, 15) is 9.18 Å². The van der Waals surface area contributed by atoms with E-state index < -0.39 is 0 Å². The molecule has 0 spiro atoms. The van der Waals surface area contributed by atoms with E-state index in [1.54, 1.807) is 32.2 Å². The van der Waals surface area contributed by atoms with E-state index in [4.69, 9.17) is 5.41 Å². The summed E-state index contributed by atoms with van der Waals surface area (Å²) in [7, 11) is 1.79. The maximum Gasteiger partial charge on any atom is 0.258 e. The lowest BCUT2D eigenvalue weighted by Gasteiger charge is -2.28. The Balaban J connectivity index is 2.03. The zero-order valence-corrected chi connectivity index (χ0v) is 18.1. The summed E-state index contributed by atoms with van der Waals surface area (Å²) in [5.74, 6) is -0.112. The van der Waals surface area contributed by atoms with Crippen LogP contribution in [0.3, 0.4) is 0 Å². The summed E-state index contributed by atoms with van der Waals surface area (Å²) < 4.78 is 14.0. The first-order chi connectivity index (χ1) is 14.2. The lowest BCUT2D eigenvalue weighted by molar-refractivity contribution is -0.115. The lowest BCUT2D eigenvalue weighted by atomic mass is 9.76. The molecule has 1 aliphatic heterocycles. The van der Waals surface area contributed by atoms with E-state index >= 15 is 0 Å². The zero-order chi connectivity index (χ0) is 22.0.